The molecule has 3 aromatic rings. The molecule has 19 heavy (non-hydrogen) atoms. The normalized spacial score (nSPS) is 12.7. The number of rotatable bonds is 4. The summed E-state index contributed by atoms with van der Waals surface area (Å²) in [5.74, 6) is 0.896. The van der Waals surface area contributed by atoms with Crippen molar-refractivity contribution in [3.63, 3.8) is 0 Å². The van der Waals surface area contributed by atoms with Gasteiger partial charge < -0.3 is 5.32 Å². The maximum Gasteiger partial charge on any atom is 0.152 e. The number of thiophene rings is 1. The molecule has 0 amide bonds. The van der Waals surface area contributed by atoms with Crippen molar-refractivity contribution in [2.24, 2.45) is 0 Å². The van der Waals surface area contributed by atoms with E-state index in [9.17, 15) is 0 Å². The van der Waals surface area contributed by atoms with E-state index in [1.807, 2.05) is 23.7 Å². The quantitative estimate of drug-likeness (QED) is 0.793. The Balaban J connectivity index is 1.81. The minimum Gasteiger partial charge on any atom is -0.365 e. The molecule has 0 spiro atoms. The molecule has 98 valence electrons. The summed E-state index contributed by atoms with van der Waals surface area (Å²) < 4.78 is 1.86. The number of fused-ring (bicyclic) bond motifs is 1. The highest BCUT2D eigenvalue weighted by atomic mass is 32.1. The van der Waals surface area contributed by atoms with Crippen LogP contribution in [-0.2, 0) is 6.42 Å². The molecule has 1 atom stereocenters. The molecule has 0 fully saturated rings. The lowest BCUT2D eigenvalue weighted by Crippen LogP contribution is -2.18. The van der Waals surface area contributed by atoms with Gasteiger partial charge in [-0.15, -0.1) is 11.3 Å². The average Bonchev–Trinajstić information content (AvgIpc) is 2.97. The van der Waals surface area contributed by atoms with Crippen molar-refractivity contribution in [1.29, 1.82) is 0 Å². The van der Waals surface area contributed by atoms with Gasteiger partial charge in [0.25, 0.3) is 0 Å². The fourth-order valence-corrected chi connectivity index (χ4v) is 3.01. The van der Waals surface area contributed by atoms with Crippen LogP contribution in [0, 0.1) is 6.92 Å². The van der Waals surface area contributed by atoms with Crippen molar-refractivity contribution in [2.45, 2.75) is 26.3 Å². The van der Waals surface area contributed by atoms with Gasteiger partial charge in [-0.1, -0.05) is 6.07 Å². The minimum atomic E-state index is 0.340. The molecule has 0 saturated carbocycles. The van der Waals surface area contributed by atoms with Gasteiger partial charge in [-0.2, -0.15) is 5.10 Å². The molecule has 5 heteroatoms. The Morgan fingerprint density at radius 1 is 1.47 bits per heavy atom. The number of nitrogens with zero attached hydrogens (tertiary/aromatic N) is 3. The Kier molecular flexibility index (Phi) is 3.21. The van der Waals surface area contributed by atoms with Gasteiger partial charge in [0.2, 0.25) is 0 Å². The van der Waals surface area contributed by atoms with E-state index in [-0.39, 0.29) is 0 Å². The van der Waals surface area contributed by atoms with Crippen molar-refractivity contribution in [1.82, 2.24) is 14.6 Å². The van der Waals surface area contributed by atoms with E-state index in [2.05, 4.69) is 39.8 Å². The van der Waals surface area contributed by atoms with E-state index in [0.29, 0.717) is 6.04 Å². The molecule has 0 aromatic carbocycles. The second kappa shape index (κ2) is 5.01. The second-order valence-corrected chi connectivity index (χ2v) is 5.75. The topological polar surface area (TPSA) is 42.2 Å². The smallest absolute Gasteiger partial charge is 0.152 e. The van der Waals surface area contributed by atoms with Crippen LogP contribution in [0.4, 0.5) is 5.82 Å². The van der Waals surface area contributed by atoms with Gasteiger partial charge >= 0.3 is 0 Å². The fourth-order valence-electron chi connectivity index (χ4n) is 2.17. The van der Waals surface area contributed by atoms with Gasteiger partial charge in [0.15, 0.2) is 5.82 Å². The number of hydrogen-bond acceptors (Lipinski definition) is 4. The van der Waals surface area contributed by atoms with Gasteiger partial charge in [0.1, 0.15) is 5.52 Å². The lowest BCUT2D eigenvalue weighted by Gasteiger charge is -2.14. The summed E-state index contributed by atoms with van der Waals surface area (Å²) in [5.41, 5.74) is 2.03. The molecule has 0 bridgehead atoms. The summed E-state index contributed by atoms with van der Waals surface area (Å²) in [6.45, 7) is 4.17. The number of nitrogens with one attached hydrogen (secondary N) is 1. The summed E-state index contributed by atoms with van der Waals surface area (Å²) in [5, 5.41) is 9.98. The minimum absolute atomic E-state index is 0.340. The molecule has 3 rings (SSSR count). The van der Waals surface area contributed by atoms with E-state index >= 15 is 0 Å². The first kappa shape index (κ1) is 12.2. The molecular formula is C14H16N4S. The van der Waals surface area contributed by atoms with E-state index in [0.717, 1.165) is 23.4 Å². The number of hydrogen-bond donors (Lipinski definition) is 1. The van der Waals surface area contributed by atoms with Crippen molar-refractivity contribution < 1.29 is 0 Å². The standard InChI is InChI=1S/C14H16N4S/c1-10(8-12-4-3-7-19-12)16-14-13-9-11(2)17-18(13)6-5-15-14/h3-7,9-10H,8H2,1-2H3,(H,15,16). The van der Waals surface area contributed by atoms with Crippen molar-refractivity contribution in [3.8, 4) is 0 Å². The first-order valence-corrected chi connectivity index (χ1v) is 7.20. The monoisotopic (exact) mass is 272 g/mol. The second-order valence-electron chi connectivity index (χ2n) is 4.72. The predicted molar refractivity (Wildman–Crippen MR) is 78.8 cm³/mol. The molecule has 0 radical (unpaired) electrons. The van der Waals surface area contributed by atoms with Crippen LogP contribution in [0.5, 0.6) is 0 Å². The number of aryl methyl sites for hydroxylation is 1. The third-order valence-corrected chi connectivity index (χ3v) is 3.88. The van der Waals surface area contributed by atoms with Crippen LogP contribution in [0.3, 0.4) is 0 Å². The maximum absolute atomic E-state index is 4.42. The van der Waals surface area contributed by atoms with E-state index in [1.54, 1.807) is 17.5 Å². The molecule has 1 N–H and O–H groups in total. The molecule has 0 aliphatic heterocycles. The molecule has 1 unspecified atom stereocenters. The van der Waals surface area contributed by atoms with Crippen LogP contribution in [-0.4, -0.2) is 20.6 Å². The van der Waals surface area contributed by atoms with E-state index < -0.39 is 0 Å². The van der Waals surface area contributed by atoms with Crippen LogP contribution in [0.25, 0.3) is 5.52 Å². The first-order chi connectivity index (χ1) is 9.22. The average molecular weight is 272 g/mol. The zero-order valence-electron chi connectivity index (χ0n) is 11.0. The van der Waals surface area contributed by atoms with Gasteiger partial charge in [0.05, 0.1) is 5.69 Å². The Bertz CT molecular complexity index is 672. The van der Waals surface area contributed by atoms with E-state index in [1.165, 1.54) is 4.88 Å². The summed E-state index contributed by atoms with van der Waals surface area (Å²) in [6.07, 6.45) is 4.66. The lowest BCUT2D eigenvalue weighted by molar-refractivity contribution is 0.792. The largest absolute Gasteiger partial charge is 0.365 e. The molecule has 0 saturated heterocycles. The summed E-state index contributed by atoms with van der Waals surface area (Å²) in [6, 6.07) is 6.64. The summed E-state index contributed by atoms with van der Waals surface area (Å²) in [7, 11) is 0. The highest BCUT2D eigenvalue weighted by Crippen LogP contribution is 2.18. The molecular weight excluding hydrogens is 256 g/mol. The van der Waals surface area contributed by atoms with Crippen molar-refractivity contribution >= 4 is 22.7 Å². The maximum atomic E-state index is 4.42. The number of anilines is 1. The van der Waals surface area contributed by atoms with Crippen LogP contribution in [0.2, 0.25) is 0 Å². The Morgan fingerprint density at radius 2 is 2.37 bits per heavy atom. The third-order valence-electron chi connectivity index (χ3n) is 2.98. The van der Waals surface area contributed by atoms with Gasteiger partial charge in [0, 0.05) is 29.7 Å². The van der Waals surface area contributed by atoms with Crippen LogP contribution in [0.1, 0.15) is 17.5 Å². The molecule has 0 aliphatic carbocycles. The lowest BCUT2D eigenvalue weighted by atomic mass is 10.2. The summed E-state index contributed by atoms with van der Waals surface area (Å²) in [4.78, 5) is 5.81. The zero-order valence-corrected chi connectivity index (χ0v) is 11.8. The Labute approximate surface area is 116 Å². The van der Waals surface area contributed by atoms with Crippen LogP contribution >= 0.6 is 11.3 Å². The first-order valence-electron chi connectivity index (χ1n) is 6.32. The Hall–Kier alpha value is -1.88. The molecule has 3 aromatic heterocycles. The zero-order chi connectivity index (χ0) is 13.2. The summed E-state index contributed by atoms with van der Waals surface area (Å²) >= 11 is 1.79. The van der Waals surface area contributed by atoms with Gasteiger partial charge in [-0.3, -0.25) is 0 Å². The van der Waals surface area contributed by atoms with Gasteiger partial charge in [-0.05, 0) is 31.4 Å². The fraction of sp³-hybridized carbons (Fsp3) is 0.286. The van der Waals surface area contributed by atoms with Crippen LogP contribution in [0.15, 0.2) is 36.0 Å². The third kappa shape index (κ3) is 2.61. The Morgan fingerprint density at radius 3 is 3.16 bits per heavy atom. The SMILES string of the molecule is Cc1cc2c(NC(C)Cc3cccs3)nccn2n1. The van der Waals surface area contributed by atoms with E-state index in [4.69, 9.17) is 0 Å². The van der Waals surface area contributed by atoms with Gasteiger partial charge in [-0.25, -0.2) is 9.50 Å². The molecule has 4 nitrogen and oxygen atoms in total. The highest BCUT2D eigenvalue weighted by Gasteiger charge is 2.09. The van der Waals surface area contributed by atoms with Crippen LogP contribution < -0.4 is 5.32 Å². The predicted octanol–water partition coefficient (Wildman–Crippen LogP) is 3.14. The molecule has 0 aliphatic rings. The molecule has 3 heterocycles. The number of aromatic nitrogens is 3. The highest BCUT2D eigenvalue weighted by molar-refractivity contribution is 7.09. The van der Waals surface area contributed by atoms with Crippen molar-refractivity contribution in [2.75, 3.05) is 5.32 Å². The van der Waals surface area contributed by atoms with Crippen molar-refractivity contribution in [3.05, 3.63) is 46.5 Å².